The second kappa shape index (κ2) is 4.30. The van der Waals surface area contributed by atoms with E-state index in [0.29, 0.717) is 0 Å². The molecule has 2 unspecified atom stereocenters. The second-order valence-corrected chi connectivity index (χ2v) is 6.43. The normalized spacial score (nSPS) is 38.8. The molecule has 0 radical (unpaired) electrons. The predicted octanol–water partition coefficient (Wildman–Crippen LogP) is 2.41. The maximum absolute atomic E-state index is 10.4. The van der Waals surface area contributed by atoms with Gasteiger partial charge in [-0.2, -0.15) is 0 Å². The van der Waals surface area contributed by atoms with Crippen LogP contribution in [-0.4, -0.2) is 35.2 Å². The van der Waals surface area contributed by atoms with E-state index in [1.807, 2.05) is 0 Å². The van der Waals surface area contributed by atoms with Crippen molar-refractivity contribution in [3.05, 3.63) is 0 Å². The SMILES string of the molecule is OC1(CN2CC3CCCCC3C2)CCCC1. The van der Waals surface area contributed by atoms with Gasteiger partial charge >= 0.3 is 0 Å². The number of likely N-dealkylation sites (tertiary alicyclic amines) is 1. The highest BCUT2D eigenvalue weighted by Gasteiger charge is 2.39. The maximum Gasteiger partial charge on any atom is 0.0774 e. The number of rotatable bonds is 2. The monoisotopic (exact) mass is 223 g/mol. The first kappa shape index (κ1) is 11.0. The lowest BCUT2D eigenvalue weighted by atomic mass is 9.82. The zero-order chi connectivity index (χ0) is 11.0. The van der Waals surface area contributed by atoms with E-state index in [-0.39, 0.29) is 5.60 Å². The Morgan fingerprint density at radius 2 is 1.50 bits per heavy atom. The quantitative estimate of drug-likeness (QED) is 0.777. The maximum atomic E-state index is 10.4. The van der Waals surface area contributed by atoms with Crippen LogP contribution in [0.2, 0.25) is 0 Å². The molecule has 0 spiro atoms. The van der Waals surface area contributed by atoms with Gasteiger partial charge in [0.1, 0.15) is 0 Å². The van der Waals surface area contributed by atoms with Crippen LogP contribution < -0.4 is 0 Å². The van der Waals surface area contributed by atoms with Gasteiger partial charge in [-0.1, -0.05) is 25.7 Å². The highest BCUT2D eigenvalue weighted by atomic mass is 16.3. The van der Waals surface area contributed by atoms with Crippen molar-refractivity contribution in [2.75, 3.05) is 19.6 Å². The average Bonchev–Trinajstić information content (AvgIpc) is 2.84. The summed E-state index contributed by atoms with van der Waals surface area (Å²) >= 11 is 0. The number of hydrogen-bond acceptors (Lipinski definition) is 2. The van der Waals surface area contributed by atoms with Gasteiger partial charge in [0.25, 0.3) is 0 Å². The van der Waals surface area contributed by atoms with Crippen LogP contribution in [0.15, 0.2) is 0 Å². The summed E-state index contributed by atoms with van der Waals surface area (Å²) in [5.41, 5.74) is -0.326. The van der Waals surface area contributed by atoms with E-state index in [9.17, 15) is 5.11 Å². The van der Waals surface area contributed by atoms with Gasteiger partial charge in [-0.3, -0.25) is 4.90 Å². The van der Waals surface area contributed by atoms with Crippen LogP contribution in [0.3, 0.4) is 0 Å². The van der Waals surface area contributed by atoms with Gasteiger partial charge in [-0.25, -0.2) is 0 Å². The molecule has 1 saturated heterocycles. The summed E-state index contributed by atoms with van der Waals surface area (Å²) in [4.78, 5) is 2.56. The fourth-order valence-electron chi connectivity index (χ4n) is 4.24. The van der Waals surface area contributed by atoms with Crippen LogP contribution in [0, 0.1) is 11.8 Å². The van der Waals surface area contributed by atoms with E-state index in [2.05, 4.69) is 4.90 Å². The Morgan fingerprint density at radius 1 is 0.938 bits per heavy atom. The lowest BCUT2D eigenvalue weighted by molar-refractivity contribution is 0.0143. The zero-order valence-corrected chi connectivity index (χ0v) is 10.3. The molecule has 0 aromatic rings. The number of aliphatic hydroxyl groups is 1. The molecule has 92 valence electrons. The molecule has 0 amide bonds. The molecule has 3 aliphatic rings. The van der Waals surface area contributed by atoms with E-state index < -0.39 is 0 Å². The van der Waals surface area contributed by atoms with Crippen LogP contribution in [0.1, 0.15) is 51.4 Å². The summed E-state index contributed by atoms with van der Waals surface area (Å²) in [6, 6.07) is 0. The predicted molar refractivity (Wildman–Crippen MR) is 65.3 cm³/mol. The summed E-state index contributed by atoms with van der Waals surface area (Å²) in [6.07, 6.45) is 10.3. The van der Waals surface area contributed by atoms with Crippen molar-refractivity contribution >= 4 is 0 Å². The van der Waals surface area contributed by atoms with Gasteiger partial charge in [0, 0.05) is 19.6 Å². The van der Waals surface area contributed by atoms with Crippen molar-refractivity contribution in [1.82, 2.24) is 4.90 Å². The van der Waals surface area contributed by atoms with Crippen LogP contribution in [0.5, 0.6) is 0 Å². The van der Waals surface area contributed by atoms with Gasteiger partial charge in [0.2, 0.25) is 0 Å². The van der Waals surface area contributed by atoms with Crippen molar-refractivity contribution in [2.24, 2.45) is 11.8 Å². The molecule has 2 saturated carbocycles. The van der Waals surface area contributed by atoms with Crippen LogP contribution in [0.4, 0.5) is 0 Å². The minimum Gasteiger partial charge on any atom is -0.389 e. The van der Waals surface area contributed by atoms with Crippen molar-refractivity contribution in [3.63, 3.8) is 0 Å². The molecular formula is C14H25NO. The minimum absolute atomic E-state index is 0.326. The zero-order valence-electron chi connectivity index (χ0n) is 10.3. The number of hydrogen-bond donors (Lipinski definition) is 1. The van der Waals surface area contributed by atoms with E-state index in [1.54, 1.807) is 0 Å². The molecule has 16 heavy (non-hydrogen) atoms. The van der Waals surface area contributed by atoms with Gasteiger partial charge in [-0.15, -0.1) is 0 Å². The summed E-state index contributed by atoms with van der Waals surface area (Å²) in [6.45, 7) is 3.50. The lowest BCUT2D eigenvalue weighted by Crippen LogP contribution is -2.40. The summed E-state index contributed by atoms with van der Waals surface area (Å²) < 4.78 is 0. The Bertz CT molecular complexity index is 233. The molecular weight excluding hydrogens is 198 g/mol. The van der Waals surface area contributed by atoms with Gasteiger partial charge < -0.3 is 5.11 Å². The molecule has 1 N–H and O–H groups in total. The van der Waals surface area contributed by atoms with Crippen molar-refractivity contribution in [3.8, 4) is 0 Å². The van der Waals surface area contributed by atoms with Crippen molar-refractivity contribution in [2.45, 2.75) is 57.0 Å². The number of nitrogens with zero attached hydrogens (tertiary/aromatic N) is 1. The molecule has 0 aromatic heterocycles. The van der Waals surface area contributed by atoms with Crippen LogP contribution in [-0.2, 0) is 0 Å². The molecule has 2 aliphatic carbocycles. The molecule has 2 heteroatoms. The van der Waals surface area contributed by atoms with Crippen molar-refractivity contribution in [1.29, 1.82) is 0 Å². The molecule has 0 bridgehead atoms. The van der Waals surface area contributed by atoms with E-state index in [4.69, 9.17) is 0 Å². The minimum atomic E-state index is -0.326. The summed E-state index contributed by atoms with van der Waals surface area (Å²) in [7, 11) is 0. The largest absolute Gasteiger partial charge is 0.389 e. The molecule has 1 aliphatic heterocycles. The lowest BCUT2D eigenvalue weighted by Gasteiger charge is -2.28. The summed E-state index contributed by atoms with van der Waals surface area (Å²) in [5.74, 6) is 1.91. The fourth-order valence-corrected chi connectivity index (χ4v) is 4.24. The van der Waals surface area contributed by atoms with Crippen molar-refractivity contribution < 1.29 is 5.11 Å². The standard InChI is InChI=1S/C14H25NO/c16-14(7-3-4-8-14)11-15-9-12-5-1-2-6-13(12)10-15/h12-13,16H,1-11H2. The molecule has 3 rings (SSSR count). The Hall–Kier alpha value is -0.0800. The molecule has 2 nitrogen and oxygen atoms in total. The van der Waals surface area contributed by atoms with Gasteiger partial charge in [0.05, 0.1) is 5.60 Å². The third kappa shape index (κ3) is 2.14. The Balaban J connectivity index is 1.56. The highest BCUT2D eigenvalue weighted by Crippen LogP contribution is 2.38. The first-order chi connectivity index (χ1) is 7.75. The van der Waals surface area contributed by atoms with Crippen LogP contribution >= 0.6 is 0 Å². The molecule has 1 heterocycles. The van der Waals surface area contributed by atoms with Gasteiger partial charge in [-0.05, 0) is 37.5 Å². The first-order valence-electron chi connectivity index (χ1n) is 7.20. The topological polar surface area (TPSA) is 23.5 Å². The fraction of sp³-hybridized carbons (Fsp3) is 1.00. The Labute approximate surface area is 99.0 Å². The Kier molecular flexibility index (Phi) is 2.97. The smallest absolute Gasteiger partial charge is 0.0774 e. The third-order valence-corrected chi connectivity index (χ3v) is 5.10. The molecule has 3 fully saturated rings. The third-order valence-electron chi connectivity index (χ3n) is 5.10. The average molecular weight is 223 g/mol. The highest BCUT2D eigenvalue weighted by molar-refractivity contribution is 4.93. The second-order valence-electron chi connectivity index (χ2n) is 6.43. The number of β-amino-alcohol motifs (C(OH)–C–C–N with tert-alkyl or cyclic N) is 1. The number of fused-ring (bicyclic) bond motifs is 1. The molecule has 0 aromatic carbocycles. The summed E-state index contributed by atoms with van der Waals surface area (Å²) in [5, 5.41) is 10.4. The van der Waals surface area contributed by atoms with Gasteiger partial charge in [0.15, 0.2) is 0 Å². The first-order valence-corrected chi connectivity index (χ1v) is 7.20. The Morgan fingerprint density at radius 3 is 2.06 bits per heavy atom. The van der Waals surface area contributed by atoms with E-state index >= 15 is 0 Å². The van der Waals surface area contributed by atoms with Crippen LogP contribution in [0.25, 0.3) is 0 Å². The molecule has 2 atom stereocenters. The van der Waals surface area contributed by atoms with E-state index in [1.165, 1.54) is 51.6 Å². The van der Waals surface area contributed by atoms with E-state index in [0.717, 1.165) is 31.2 Å².